The Labute approximate surface area is 148 Å². The van der Waals surface area contributed by atoms with E-state index in [2.05, 4.69) is 15.0 Å². The van der Waals surface area contributed by atoms with Gasteiger partial charge in [0.2, 0.25) is 10.0 Å². The molecule has 1 atom stereocenters. The van der Waals surface area contributed by atoms with Gasteiger partial charge < -0.3 is 10.1 Å². The monoisotopic (exact) mass is 371 g/mol. The van der Waals surface area contributed by atoms with E-state index in [9.17, 15) is 8.42 Å². The van der Waals surface area contributed by atoms with E-state index in [-0.39, 0.29) is 22.8 Å². The third-order valence-corrected chi connectivity index (χ3v) is 5.67. The van der Waals surface area contributed by atoms with Gasteiger partial charge in [-0.05, 0) is 31.5 Å². The lowest BCUT2D eigenvalue weighted by molar-refractivity contribution is 0.122. The largest absolute Gasteiger partial charge is 0.383 e. The van der Waals surface area contributed by atoms with Crippen molar-refractivity contribution in [3.63, 3.8) is 0 Å². The zero-order valence-corrected chi connectivity index (χ0v) is 15.1. The van der Waals surface area contributed by atoms with Crippen molar-refractivity contribution in [2.45, 2.75) is 23.3 Å². The van der Waals surface area contributed by atoms with Crippen molar-refractivity contribution in [1.29, 1.82) is 0 Å². The molecule has 24 heavy (non-hydrogen) atoms. The molecule has 2 heterocycles. The van der Waals surface area contributed by atoms with E-state index in [1.807, 2.05) is 12.1 Å². The predicted octanol–water partition coefficient (Wildman–Crippen LogP) is 1.70. The number of benzene rings is 1. The summed E-state index contributed by atoms with van der Waals surface area (Å²) in [7, 11) is -2.01. The summed E-state index contributed by atoms with van der Waals surface area (Å²) in [6.07, 6.45) is 3.50. The second kappa shape index (κ2) is 7.76. The van der Waals surface area contributed by atoms with Gasteiger partial charge in [-0.1, -0.05) is 18.2 Å². The van der Waals surface area contributed by atoms with Crippen LogP contribution in [0.2, 0.25) is 0 Å². The van der Waals surface area contributed by atoms with Crippen molar-refractivity contribution < 1.29 is 13.2 Å². The molecule has 1 aliphatic heterocycles. The second-order valence-corrected chi connectivity index (χ2v) is 7.63. The molecule has 0 saturated carbocycles. The average molecular weight is 372 g/mol. The van der Waals surface area contributed by atoms with Crippen LogP contribution in [0.25, 0.3) is 10.9 Å². The van der Waals surface area contributed by atoms with Crippen LogP contribution in [-0.2, 0) is 14.8 Å². The zero-order chi connectivity index (χ0) is 16.3. The quantitative estimate of drug-likeness (QED) is 0.807. The number of rotatable bonds is 6. The number of nitrogens with one attached hydrogen (secondary N) is 2. The van der Waals surface area contributed by atoms with E-state index in [1.54, 1.807) is 31.5 Å². The molecular formula is C16H22ClN3O3S. The minimum atomic E-state index is -3.64. The molecule has 1 unspecified atom stereocenters. The fraction of sp³-hybridized carbons (Fsp3) is 0.438. The Morgan fingerprint density at radius 1 is 1.33 bits per heavy atom. The van der Waals surface area contributed by atoms with Crippen LogP contribution in [0.4, 0.5) is 0 Å². The fourth-order valence-corrected chi connectivity index (χ4v) is 4.38. The second-order valence-electron chi connectivity index (χ2n) is 5.90. The van der Waals surface area contributed by atoms with Crippen LogP contribution in [-0.4, -0.2) is 45.7 Å². The molecule has 1 aliphatic rings. The topological polar surface area (TPSA) is 80.3 Å². The molecule has 2 N–H and O–H groups in total. The first-order valence-corrected chi connectivity index (χ1v) is 9.12. The smallest absolute Gasteiger partial charge is 0.242 e. The molecule has 0 amide bonds. The highest BCUT2D eigenvalue weighted by molar-refractivity contribution is 7.89. The molecule has 0 aliphatic carbocycles. The third-order valence-electron chi connectivity index (χ3n) is 4.24. The molecule has 0 bridgehead atoms. The van der Waals surface area contributed by atoms with Gasteiger partial charge in [-0.2, -0.15) is 0 Å². The van der Waals surface area contributed by atoms with E-state index in [0.29, 0.717) is 18.7 Å². The lowest BCUT2D eigenvalue weighted by Gasteiger charge is -2.28. The first-order chi connectivity index (χ1) is 11.1. The van der Waals surface area contributed by atoms with Gasteiger partial charge in [0.1, 0.15) is 4.90 Å². The molecule has 132 valence electrons. The third kappa shape index (κ3) is 3.87. The van der Waals surface area contributed by atoms with E-state index in [4.69, 9.17) is 4.74 Å². The van der Waals surface area contributed by atoms with Crippen LogP contribution in [0.5, 0.6) is 0 Å². The molecule has 0 radical (unpaired) electrons. The van der Waals surface area contributed by atoms with Crippen molar-refractivity contribution in [1.82, 2.24) is 15.0 Å². The van der Waals surface area contributed by atoms with Crippen molar-refractivity contribution in [3.05, 3.63) is 36.5 Å². The normalized spacial score (nSPS) is 20.9. The number of methoxy groups -OCH3 is 1. The van der Waals surface area contributed by atoms with Gasteiger partial charge in [-0.25, -0.2) is 13.1 Å². The van der Waals surface area contributed by atoms with Crippen molar-refractivity contribution in [2.24, 2.45) is 0 Å². The van der Waals surface area contributed by atoms with Gasteiger partial charge in [0.25, 0.3) is 0 Å². The van der Waals surface area contributed by atoms with Crippen LogP contribution in [0.3, 0.4) is 0 Å². The molecule has 1 aromatic carbocycles. The maximum atomic E-state index is 12.7. The highest BCUT2D eigenvalue weighted by Crippen LogP contribution is 2.23. The summed E-state index contributed by atoms with van der Waals surface area (Å²) >= 11 is 0. The van der Waals surface area contributed by atoms with Crippen LogP contribution in [0.15, 0.2) is 41.4 Å². The summed E-state index contributed by atoms with van der Waals surface area (Å²) in [5.41, 5.74) is 0.155. The SMILES string of the molecule is COCC1(CNS(=O)(=O)c2cccc3cccnc23)CCCN1.Cl. The van der Waals surface area contributed by atoms with Gasteiger partial charge in [0.05, 0.1) is 17.7 Å². The number of para-hydroxylation sites is 1. The Morgan fingerprint density at radius 2 is 2.12 bits per heavy atom. The first kappa shape index (κ1) is 19.1. The van der Waals surface area contributed by atoms with Crippen LogP contribution >= 0.6 is 12.4 Å². The minimum absolute atomic E-state index is 0. The molecule has 1 fully saturated rings. The van der Waals surface area contributed by atoms with Gasteiger partial charge in [0, 0.05) is 25.2 Å². The Hall–Kier alpha value is -1.25. The van der Waals surface area contributed by atoms with Crippen LogP contribution in [0.1, 0.15) is 12.8 Å². The molecule has 6 nitrogen and oxygen atoms in total. The number of hydrogen-bond donors (Lipinski definition) is 2. The summed E-state index contributed by atoms with van der Waals surface area (Å²) in [6, 6.07) is 8.82. The number of ether oxygens (including phenoxy) is 1. The van der Waals surface area contributed by atoms with Gasteiger partial charge in [-0.15, -0.1) is 12.4 Å². The summed E-state index contributed by atoms with van der Waals surface area (Å²) in [4.78, 5) is 4.43. The number of hydrogen-bond acceptors (Lipinski definition) is 5. The number of fused-ring (bicyclic) bond motifs is 1. The predicted molar refractivity (Wildman–Crippen MR) is 96.0 cm³/mol. The van der Waals surface area contributed by atoms with Crippen LogP contribution in [0, 0.1) is 0 Å². The van der Waals surface area contributed by atoms with Crippen LogP contribution < -0.4 is 10.0 Å². The van der Waals surface area contributed by atoms with Gasteiger partial charge in [0.15, 0.2) is 0 Å². The number of sulfonamides is 1. The Morgan fingerprint density at radius 3 is 2.83 bits per heavy atom. The maximum Gasteiger partial charge on any atom is 0.242 e. The molecule has 2 aromatic rings. The lowest BCUT2D eigenvalue weighted by Crippen LogP contribution is -2.52. The van der Waals surface area contributed by atoms with Gasteiger partial charge in [-0.3, -0.25) is 4.98 Å². The van der Waals surface area contributed by atoms with Crippen molar-refractivity contribution in [2.75, 3.05) is 26.8 Å². The van der Waals surface area contributed by atoms with E-state index in [0.717, 1.165) is 24.8 Å². The highest BCUT2D eigenvalue weighted by Gasteiger charge is 2.35. The fourth-order valence-electron chi connectivity index (χ4n) is 3.07. The molecule has 1 saturated heterocycles. The van der Waals surface area contributed by atoms with Gasteiger partial charge >= 0.3 is 0 Å². The van der Waals surface area contributed by atoms with Crippen molar-refractivity contribution >= 4 is 33.3 Å². The minimum Gasteiger partial charge on any atom is -0.383 e. The summed E-state index contributed by atoms with van der Waals surface area (Å²) < 4.78 is 33.4. The maximum absolute atomic E-state index is 12.7. The molecular weight excluding hydrogens is 350 g/mol. The highest BCUT2D eigenvalue weighted by atomic mass is 35.5. The number of halogens is 1. The number of nitrogens with zero attached hydrogens (tertiary/aromatic N) is 1. The molecule has 8 heteroatoms. The lowest BCUT2D eigenvalue weighted by atomic mass is 9.99. The number of pyridine rings is 1. The molecule has 3 rings (SSSR count). The standard InChI is InChI=1S/C16H21N3O3S.ClH/c1-22-12-16(8-4-10-18-16)11-19-23(20,21)14-7-2-5-13-6-3-9-17-15(13)14;/h2-3,5-7,9,18-19H,4,8,10-12H2,1H3;1H. The Balaban J connectivity index is 0.00000208. The van der Waals surface area contributed by atoms with E-state index in [1.165, 1.54) is 0 Å². The summed E-state index contributed by atoms with van der Waals surface area (Å²) in [5, 5.41) is 4.17. The average Bonchev–Trinajstić information content (AvgIpc) is 3.02. The first-order valence-electron chi connectivity index (χ1n) is 7.64. The molecule has 1 aromatic heterocycles. The summed E-state index contributed by atoms with van der Waals surface area (Å²) in [5.74, 6) is 0. The Kier molecular flexibility index (Phi) is 6.17. The number of aromatic nitrogens is 1. The summed E-state index contributed by atoms with van der Waals surface area (Å²) in [6.45, 7) is 1.65. The zero-order valence-electron chi connectivity index (χ0n) is 13.5. The Bertz CT molecular complexity index is 787. The van der Waals surface area contributed by atoms with E-state index >= 15 is 0 Å². The van der Waals surface area contributed by atoms with Crippen molar-refractivity contribution in [3.8, 4) is 0 Å². The van der Waals surface area contributed by atoms with E-state index < -0.39 is 10.0 Å². The molecule has 0 spiro atoms.